The Morgan fingerprint density at radius 1 is 1.25 bits per heavy atom. The van der Waals surface area contributed by atoms with Gasteiger partial charge in [0.05, 0.1) is 5.56 Å². The van der Waals surface area contributed by atoms with Crippen LogP contribution in [0, 0.1) is 0 Å². The smallest absolute Gasteiger partial charge is 0.326 e. The molecule has 0 unspecified atom stereocenters. The molecule has 1 aromatic carbocycles. The van der Waals surface area contributed by atoms with Gasteiger partial charge in [0.25, 0.3) is 0 Å². The quantitative estimate of drug-likeness (QED) is 0.792. The summed E-state index contributed by atoms with van der Waals surface area (Å²) in [6.07, 6.45) is -4.13. The zero-order chi connectivity index (χ0) is 12.2. The number of thiol groups is 1. The summed E-state index contributed by atoms with van der Waals surface area (Å²) in [6.45, 7) is 0. The van der Waals surface area contributed by atoms with Crippen molar-refractivity contribution in [3.05, 3.63) is 29.8 Å². The van der Waals surface area contributed by atoms with Gasteiger partial charge in [0, 0.05) is 12.1 Å². The first-order valence-corrected chi connectivity index (χ1v) is 5.14. The number of amides is 1. The van der Waals surface area contributed by atoms with Gasteiger partial charge in [0.2, 0.25) is 5.91 Å². The topological polar surface area (TPSA) is 29.1 Å². The standard InChI is InChI=1S/C10H10F3NOS/c11-10(12,13)7-1-3-8(4-2-7)14-9(15)5-6-16/h1-4,16H,5-6H2,(H,14,15). The Morgan fingerprint density at radius 3 is 2.25 bits per heavy atom. The number of halogens is 3. The van der Waals surface area contributed by atoms with E-state index in [2.05, 4.69) is 17.9 Å². The summed E-state index contributed by atoms with van der Waals surface area (Å²) in [7, 11) is 0. The SMILES string of the molecule is O=C(CCS)Nc1ccc(C(F)(F)F)cc1. The minimum Gasteiger partial charge on any atom is -0.326 e. The first-order valence-electron chi connectivity index (χ1n) is 4.51. The molecule has 6 heteroatoms. The Labute approximate surface area is 96.3 Å². The summed E-state index contributed by atoms with van der Waals surface area (Å²) in [5, 5.41) is 2.47. The van der Waals surface area contributed by atoms with E-state index >= 15 is 0 Å². The number of benzene rings is 1. The van der Waals surface area contributed by atoms with Crippen LogP contribution in [0.5, 0.6) is 0 Å². The van der Waals surface area contributed by atoms with Crippen molar-refractivity contribution in [3.63, 3.8) is 0 Å². The van der Waals surface area contributed by atoms with Gasteiger partial charge in [0.15, 0.2) is 0 Å². The van der Waals surface area contributed by atoms with Gasteiger partial charge in [-0.3, -0.25) is 4.79 Å². The highest BCUT2D eigenvalue weighted by atomic mass is 32.1. The van der Waals surface area contributed by atoms with E-state index in [1.807, 2.05) is 0 Å². The van der Waals surface area contributed by atoms with Crippen LogP contribution < -0.4 is 5.32 Å². The number of carbonyl (C=O) groups excluding carboxylic acids is 1. The zero-order valence-corrected chi connectivity index (χ0v) is 9.11. The molecule has 1 aromatic rings. The van der Waals surface area contributed by atoms with Crippen LogP contribution in [0.15, 0.2) is 24.3 Å². The van der Waals surface area contributed by atoms with Crippen molar-refractivity contribution in [1.29, 1.82) is 0 Å². The van der Waals surface area contributed by atoms with Crippen LogP contribution in [-0.2, 0) is 11.0 Å². The van der Waals surface area contributed by atoms with Crippen LogP contribution in [0.25, 0.3) is 0 Å². The Bertz CT molecular complexity index is 361. The second kappa shape index (κ2) is 5.25. The van der Waals surface area contributed by atoms with Gasteiger partial charge in [0.1, 0.15) is 0 Å². The van der Waals surface area contributed by atoms with Crippen LogP contribution in [-0.4, -0.2) is 11.7 Å². The molecule has 1 amide bonds. The summed E-state index contributed by atoms with van der Waals surface area (Å²) >= 11 is 3.87. The number of alkyl halides is 3. The molecule has 0 bridgehead atoms. The zero-order valence-electron chi connectivity index (χ0n) is 8.21. The van der Waals surface area contributed by atoms with E-state index in [0.717, 1.165) is 12.1 Å². The minimum absolute atomic E-state index is 0.226. The van der Waals surface area contributed by atoms with Crippen molar-refractivity contribution in [2.45, 2.75) is 12.6 Å². The Morgan fingerprint density at radius 2 is 1.81 bits per heavy atom. The lowest BCUT2D eigenvalue weighted by Gasteiger charge is -2.08. The van der Waals surface area contributed by atoms with Gasteiger partial charge in [-0.1, -0.05) is 0 Å². The van der Waals surface area contributed by atoms with Gasteiger partial charge in [-0.15, -0.1) is 0 Å². The average Bonchev–Trinajstić information content (AvgIpc) is 2.17. The molecule has 0 radical (unpaired) electrons. The molecule has 0 aliphatic heterocycles. The van der Waals surface area contributed by atoms with Crippen LogP contribution in [0.2, 0.25) is 0 Å². The molecule has 0 saturated carbocycles. The lowest BCUT2D eigenvalue weighted by molar-refractivity contribution is -0.137. The maximum atomic E-state index is 12.2. The van der Waals surface area contributed by atoms with E-state index in [-0.39, 0.29) is 12.3 Å². The van der Waals surface area contributed by atoms with E-state index < -0.39 is 11.7 Å². The van der Waals surface area contributed by atoms with Crippen LogP contribution >= 0.6 is 12.6 Å². The van der Waals surface area contributed by atoms with Crippen LogP contribution in [0.1, 0.15) is 12.0 Å². The summed E-state index contributed by atoms with van der Waals surface area (Å²) in [6, 6.07) is 4.30. The van der Waals surface area contributed by atoms with Gasteiger partial charge in [-0.05, 0) is 30.0 Å². The Kier molecular flexibility index (Phi) is 4.23. The second-order valence-corrected chi connectivity index (χ2v) is 3.54. The van der Waals surface area contributed by atoms with Crippen molar-refractivity contribution in [3.8, 4) is 0 Å². The third kappa shape index (κ3) is 3.77. The molecule has 0 fully saturated rings. The maximum absolute atomic E-state index is 12.2. The molecule has 0 aliphatic rings. The number of nitrogens with one attached hydrogen (secondary N) is 1. The molecule has 0 aromatic heterocycles. The number of hydrogen-bond acceptors (Lipinski definition) is 2. The fraction of sp³-hybridized carbons (Fsp3) is 0.300. The fourth-order valence-electron chi connectivity index (χ4n) is 1.07. The second-order valence-electron chi connectivity index (χ2n) is 3.10. The first kappa shape index (κ1) is 12.9. The van der Waals surface area contributed by atoms with E-state index in [0.29, 0.717) is 11.4 Å². The van der Waals surface area contributed by atoms with E-state index in [1.54, 1.807) is 0 Å². The Hall–Kier alpha value is -1.17. The molecule has 0 aliphatic carbocycles. The molecular formula is C10H10F3NOS. The molecule has 0 heterocycles. The fourth-order valence-corrected chi connectivity index (χ4v) is 1.27. The summed E-state index contributed by atoms with van der Waals surface area (Å²) in [5.74, 6) is 0.127. The number of anilines is 1. The third-order valence-electron chi connectivity index (χ3n) is 1.83. The van der Waals surface area contributed by atoms with Crippen molar-refractivity contribution in [2.24, 2.45) is 0 Å². The summed E-state index contributed by atoms with van der Waals surface area (Å²) in [4.78, 5) is 11.1. The van der Waals surface area contributed by atoms with Crippen molar-refractivity contribution in [2.75, 3.05) is 11.1 Å². The molecule has 0 spiro atoms. The van der Waals surface area contributed by atoms with Gasteiger partial charge in [-0.2, -0.15) is 25.8 Å². The Balaban J connectivity index is 2.69. The molecule has 88 valence electrons. The highest BCUT2D eigenvalue weighted by Gasteiger charge is 2.29. The largest absolute Gasteiger partial charge is 0.416 e. The third-order valence-corrected chi connectivity index (χ3v) is 2.06. The monoisotopic (exact) mass is 249 g/mol. The van der Waals surface area contributed by atoms with E-state index in [9.17, 15) is 18.0 Å². The first-order chi connectivity index (χ1) is 7.43. The van der Waals surface area contributed by atoms with Crippen molar-refractivity contribution in [1.82, 2.24) is 0 Å². The highest BCUT2D eigenvalue weighted by Crippen LogP contribution is 2.29. The van der Waals surface area contributed by atoms with Gasteiger partial charge in [-0.25, -0.2) is 0 Å². The van der Waals surface area contributed by atoms with Gasteiger partial charge < -0.3 is 5.32 Å². The molecule has 0 atom stereocenters. The average molecular weight is 249 g/mol. The number of carbonyl (C=O) groups is 1. The number of rotatable bonds is 3. The molecule has 1 rings (SSSR count). The summed E-state index contributed by atoms with van der Waals surface area (Å²) < 4.78 is 36.6. The molecule has 2 nitrogen and oxygen atoms in total. The predicted molar refractivity (Wildman–Crippen MR) is 58.5 cm³/mol. The van der Waals surface area contributed by atoms with E-state index in [1.165, 1.54) is 12.1 Å². The summed E-state index contributed by atoms with van der Waals surface area (Å²) in [5.41, 5.74) is -0.389. The lowest BCUT2D eigenvalue weighted by Crippen LogP contribution is -2.12. The van der Waals surface area contributed by atoms with Gasteiger partial charge >= 0.3 is 6.18 Å². The lowest BCUT2D eigenvalue weighted by atomic mass is 10.2. The minimum atomic E-state index is -4.35. The van der Waals surface area contributed by atoms with Crippen LogP contribution in [0.4, 0.5) is 18.9 Å². The predicted octanol–water partition coefficient (Wildman–Crippen LogP) is 2.96. The highest BCUT2D eigenvalue weighted by molar-refractivity contribution is 7.80. The molecule has 1 N–H and O–H groups in total. The van der Waals surface area contributed by atoms with E-state index in [4.69, 9.17) is 0 Å². The van der Waals surface area contributed by atoms with Crippen molar-refractivity contribution < 1.29 is 18.0 Å². The molecule has 16 heavy (non-hydrogen) atoms. The van der Waals surface area contributed by atoms with Crippen LogP contribution in [0.3, 0.4) is 0 Å². The normalized spacial score (nSPS) is 11.2. The molecular weight excluding hydrogens is 239 g/mol. The van der Waals surface area contributed by atoms with Crippen molar-refractivity contribution >= 4 is 24.2 Å². The number of hydrogen-bond donors (Lipinski definition) is 2. The molecule has 0 saturated heterocycles. The maximum Gasteiger partial charge on any atom is 0.416 e.